The van der Waals surface area contributed by atoms with Gasteiger partial charge in [0.2, 0.25) is 0 Å². The maximum Gasteiger partial charge on any atom is 0.323 e. The Hall–Kier alpha value is -2.14. The maximum absolute atomic E-state index is 11.8. The van der Waals surface area contributed by atoms with E-state index >= 15 is 0 Å². The molecule has 0 bridgehead atoms. The molecule has 2 N–H and O–H groups in total. The summed E-state index contributed by atoms with van der Waals surface area (Å²) < 4.78 is 10.4. The summed E-state index contributed by atoms with van der Waals surface area (Å²) in [6.45, 7) is 2.20. The summed E-state index contributed by atoms with van der Waals surface area (Å²) in [5, 5.41) is 0. The predicted molar refractivity (Wildman–Crippen MR) is 73.8 cm³/mol. The summed E-state index contributed by atoms with van der Waals surface area (Å²) in [5.41, 5.74) is 7.57. The van der Waals surface area contributed by atoms with Gasteiger partial charge in [0.15, 0.2) is 5.89 Å². The van der Waals surface area contributed by atoms with Crippen molar-refractivity contribution in [3.8, 4) is 0 Å². The number of ether oxygens (including phenoxy) is 1. The van der Waals surface area contributed by atoms with Crippen LogP contribution in [0.4, 0.5) is 0 Å². The number of rotatable bonds is 6. The number of benzene rings is 1. The van der Waals surface area contributed by atoms with Gasteiger partial charge >= 0.3 is 5.97 Å². The van der Waals surface area contributed by atoms with Crippen LogP contribution < -0.4 is 5.73 Å². The number of nitrogens with two attached hydrogens (primary N) is 1. The summed E-state index contributed by atoms with van der Waals surface area (Å²) in [5.74, 6) is 0.0103. The van der Waals surface area contributed by atoms with Crippen molar-refractivity contribution in [3.63, 3.8) is 0 Å². The lowest BCUT2D eigenvalue weighted by atomic mass is 10.2. The molecule has 1 aromatic carbocycles. The van der Waals surface area contributed by atoms with Gasteiger partial charge in [0.05, 0.1) is 12.1 Å². The molecule has 0 saturated heterocycles. The lowest BCUT2D eigenvalue weighted by molar-refractivity contribution is -0.146. The SMILES string of the molecule is CCc1coc(CC(N)C(=O)OCc2ccccc2)n1. The van der Waals surface area contributed by atoms with Crippen LogP contribution in [0.5, 0.6) is 0 Å². The van der Waals surface area contributed by atoms with Crippen LogP contribution in [-0.4, -0.2) is 17.0 Å². The number of carbonyl (C=O) groups is 1. The molecule has 0 fully saturated rings. The lowest BCUT2D eigenvalue weighted by Crippen LogP contribution is -2.34. The molecule has 1 unspecified atom stereocenters. The summed E-state index contributed by atoms with van der Waals surface area (Å²) in [4.78, 5) is 16.0. The Kier molecular flexibility index (Phi) is 4.90. The number of oxazole rings is 1. The molecule has 0 spiro atoms. The molecule has 1 atom stereocenters. The number of nitrogens with zero attached hydrogens (tertiary/aromatic N) is 1. The predicted octanol–water partition coefficient (Wildman–Crippen LogP) is 1.85. The molecule has 2 rings (SSSR count). The molecule has 0 aliphatic heterocycles. The number of esters is 1. The first-order valence-electron chi connectivity index (χ1n) is 6.58. The van der Waals surface area contributed by atoms with E-state index in [1.165, 1.54) is 0 Å². The third-order valence-corrected chi connectivity index (χ3v) is 2.88. The van der Waals surface area contributed by atoms with Crippen LogP contribution in [-0.2, 0) is 29.0 Å². The molecular formula is C15H18N2O3. The van der Waals surface area contributed by atoms with Crippen molar-refractivity contribution < 1.29 is 13.9 Å². The minimum absolute atomic E-state index is 0.221. The molecule has 0 amide bonds. The van der Waals surface area contributed by atoms with E-state index in [-0.39, 0.29) is 13.0 Å². The summed E-state index contributed by atoms with van der Waals surface area (Å²) in [6, 6.07) is 8.71. The highest BCUT2D eigenvalue weighted by Crippen LogP contribution is 2.07. The minimum atomic E-state index is -0.762. The molecule has 106 valence electrons. The first-order chi connectivity index (χ1) is 9.69. The molecule has 0 saturated carbocycles. The Balaban J connectivity index is 1.82. The van der Waals surface area contributed by atoms with Crippen LogP contribution in [0, 0.1) is 0 Å². The monoisotopic (exact) mass is 274 g/mol. The van der Waals surface area contributed by atoms with Crippen molar-refractivity contribution in [2.24, 2.45) is 5.73 Å². The quantitative estimate of drug-likeness (QED) is 0.813. The largest absolute Gasteiger partial charge is 0.460 e. The van der Waals surface area contributed by atoms with Gasteiger partial charge in [-0.1, -0.05) is 37.3 Å². The standard InChI is InChI=1S/C15H18N2O3/c1-2-12-10-19-14(17-12)8-13(16)15(18)20-9-11-6-4-3-5-7-11/h3-7,10,13H,2,8-9,16H2,1H3. The van der Waals surface area contributed by atoms with Crippen LogP contribution in [0.25, 0.3) is 0 Å². The van der Waals surface area contributed by atoms with Gasteiger partial charge in [-0.2, -0.15) is 0 Å². The van der Waals surface area contributed by atoms with E-state index in [9.17, 15) is 4.79 Å². The third-order valence-electron chi connectivity index (χ3n) is 2.88. The summed E-state index contributed by atoms with van der Waals surface area (Å²) in [6.07, 6.45) is 2.61. The Morgan fingerprint density at radius 3 is 2.80 bits per heavy atom. The maximum atomic E-state index is 11.8. The highest BCUT2D eigenvalue weighted by Gasteiger charge is 2.18. The summed E-state index contributed by atoms with van der Waals surface area (Å²) >= 11 is 0. The highest BCUT2D eigenvalue weighted by atomic mass is 16.5. The Morgan fingerprint density at radius 2 is 2.15 bits per heavy atom. The van der Waals surface area contributed by atoms with Gasteiger partial charge in [-0.25, -0.2) is 4.98 Å². The zero-order valence-corrected chi connectivity index (χ0v) is 11.4. The fourth-order valence-corrected chi connectivity index (χ4v) is 1.71. The zero-order valence-electron chi connectivity index (χ0n) is 11.4. The van der Waals surface area contributed by atoms with Crippen molar-refractivity contribution in [1.29, 1.82) is 0 Å². The smallest absolute Gasteiger partial charge is 0.323 e. The average Bonchev–Trinajstić information content (AvgIpc) is 2.93. The highest BCUT2D eigenvalue weighted by molar-refractivity contribution is 5.75. The number of aromatic nitrogens is 1. The lowest BCUT2D eigenvalue weighted by Gasteiger charge is -2.09. The normalized spacial score (nSPS) is 12.1. The molecule has 2 aromatic rings. The molecule has 1 heterocycles. The number of aryl methyl sites for hydroxylation is 1. The second-order valence-corrected chi connectivity index (χ2v) is 4.49. The molecule has 0 radical (unpaired) electrons. The van der Waals surface area contributed by atoms with Gasteiger partial charge in [-0.3, -0.25) is 4.79 Å². The molecule has 0 aliphatic rings. The van der Waals surface area contributed by atoms with Gasteiger partial charge < -0.3 is 14.9 Å². The summed E-state index contributed by atoms with van der Waals surface area (Å²) in [7, 11) is 0. The molecule has 5 nitrogen and oxygen atoms in total. The first kappa shape index (κ1) is 14.3. The fraction of sp³-hybridized carbons (Fsp3) is 0.333. The van der Waals surface area contributed by atoms with E-state index < -0.39 is 12.0 Å². The number of hydrogen-bond donors (Lipinski definition) is 1. The van der Waals surface area contributed by atoms with Crippen LogP contribution in [0.3, 0.4) is 0 Å². The second-order valence-electron chi connectivity index (χ2n) is 4.49. The Morgan fingerprint density at radius 1 is 1.40 bits per heavy atom. The molecule has 20 heavy (non-hydrogen) atoms. The Labute approximate surface area is 117 Å². The van der Waals surface area contributed by atoms with Crippen LogP contribution >= 0.6 is 0 Å². The molecule has 5 heteroatoms. The number of carbonyl (C=O) groups excluding carboxylic acids is 1. The topological polar surface area (TPSA) is 78.3 Å². The van der Waals surface area contributed by atoms with Gasteiger partial charge in [0, 0.05) is 0 Å². The van der Waals surface area contributed by atoms with Gasteiger partial charge in [0.1, 0.15) is 18.9 Å². The first-order valence-corrected chi connectivity index (χ1v) is 6.58. The third kappa shape index (κ3) is 3.93. The van der Waals surface area contributed by atoms with Crippen molar-refractivity contribution >= 4 is 5.97 Å². The molecule has 0 aliphatic carbocycles. The molecular weight excluding hydrogens is 256 g/mol. The van der Waals surface area contributed by atoms with Crippen LogP contribution in [0.1, 0.15) is 24.1 Å². The van der Waals surface area contributed by atoms with Crippen molar-refractivity contribution in [3.05, 3.63) is 53.7 Å². The van der Waals surface area contributed by atoms with E-state index in [1.54, 1.807) is 6.26 Å². The van der Waals surface area contributed by atoms with Crippen molar-refractivity contribution in [1.82, 2.24) is 4.98 Å². The van der Waals surface area contributed by atoms with Crippen molar-refractivity contribution in [2.75, 3.05) is 0 Å². The van der Waals surface area contributed by atoms with E-state index in [0.29, 0.717) is 5.89 Å². The minimum Gasteiger partial charge on any atom is -0.460 e. The van der Waals surface area contributed by atoms with E-state index in [4.69, 9.17) is 14.9 Å². The van der Waals surface area contributed by atoms with E-state index in [2.05, 4.69) is 4.98 Å². The average molecular weight is 274 g/mol. The zero-order chi connectivity index (χ0) is 14.4. The van der Waals surface area contributed by atoms with Gasteiger partial charge in [-0.15, -0.1) is 0 Å². The fourth-order valence-electron chi connectivity index (χ4n) is 1.71. The molecule has 1 aromatic heterocycles. The van der Waals surface area contributed by atoms with E-state index in [1.807, 2.05) is 37.3 Å². The van der Waals surface area contributed by atoms with Gasteiger partial charge in [-0.05, 0) is 12.0 Å². The van der Waals surface area contributed by atoms with Crippen molar-refractivity contribution in [2.45, 2.75) is 32.4 Å². The van der Waals surface area contributed by atoms with Crippen LogP contribution in [0.2, 0.25) is 0 Å². The van der Waals surface area contributed by atoms with E-state index in [0.717, 1.165) is 17.7 Å². The second kappa shape index (κ2) is 6.86. The van der Waals surface area contributed by atoms with Gasteiger partial charge in [0.25, 0.3) is 0 Å². The Bertz CT molecular complexity index is 551. The van der Waals surface area contributed by atoms with Crippen LogP contribution in [0.15, 0.2) is 41.0 Å². The number of hydrogen-bond acceptors (Lipinski definition) is 5.